The molecule has 17 heavy (non-hydrogen) atoms. The van der Waals surface area contributed by atoms with Crippen LogP contribution in [0.15, 0.2) is 18.2 Å². The number of nitrogens with one attached hydrogen (secondary N) is 1. The Bertz CT molecular complexity index is 625. The van der Waals surface area contributed by atoms with Gasteiger partial charge < -0.3 is 0 Å². The summed E-state index contributed by atoms with van der Waals surface area (Å²) in [6, 6.07) is 5.48. The van der Waals surface area contributed by atoms with Crippen LogP contribution in [0.25, 0.3) is 11.4 Å². The maximum atomic E-state index is 13.2. The van der Waals surface area contributed by atoms with Crippen molar-refractivity contribution in [2.45, 2.75) is 25.8 Å². The van der Waals surface area contributed by atoms with Crippen LogP contribution in [0.3, 0.4) is 0 Å². The largest absolute Gasteiger partial charge is 0.297 e. The van der Waals surface area contributed by atoms with Gasteiger partial charge in [-0.05, 0) is 55.7 Å². The third-order valence-corrected chi connectivity index (χ3v) is 3.32. The van der Waals surface area contributed by atoms with Crippen molar-refractivity contribution < 1.29 is 4.39 Å². The van der Waals surface area contributed by atoms with E-state index >= 15 is 0 Å². The Hall–Kier alpha value is -1.49. The molecule has 0 aliphatic heterocycles. The van der Waals surface area contributed by atoms with Gasteiger partial charge in [0.05, 0.1) is 0 Å². The zero-order valence-corrected chi connectivity index (χ0v) is 10.2. The number of rotatable bonds is 2. The van der Waals surface area contributed by atoms with Crippen LogP contribution in [-0.4, -0.2) is 14.8 Å². The van der Waals surface area contributed by atoms with Crippen LogP contribution in [0.5, 0.6) is 0 Å². The summed E-state index contributed by atoms with van der Waals surface area (Å²) in [4.78, 5) is 0. The smallest absolute Gasteiger partial charge is 0.195 e. The van der Waals surface area contributed by atoms with Crippen LogP contribution in [0.2, 0.25) is 0 Å². The highest BCUT2D eigenvalue weighted by atomic mass is 32.1. The second-order valence-electron chi connectivity index (χ2n) is 4.42. The molecule has 0 radical (unpaired) electrons. The quantitative estimate of drug-likeness (QED) is 0.828. The molecule has 1 aromatic heterocycles. The monoisotopic (exact) mass is 249 g/mol. The topological polar surface area (TPSA) is 33.6 Å². The first-order valence-electron chi connectivity index (χ1n) is 5.60. The van der Waals surface area contributed by atoms with Crippen molar-refractivity contribution in [3.05, 3.63) is 34.4 Å². The van der Waals surface area contributed by atoms with Gasteiger partial charge in [0.2, 0.25) is 0 Å². The van der Waals surface area contributed by atoms with Crippen molar-refractivity contribution in [3.8, 4) is 11.4 Å². The number of aromatic nitrogens is 3. The van der Waals surface area contributed by atoms with Crippen molar-refractivity contribution in [2.24, 2.45) is 0 Å². The molecule has 0 amide bonds. The van der Waals surface area contributed by atoms with E-state index < -0.39 is 0 Å². The molecule has 0 saturated heterocycles. The van der Waals surface area contributed by atoms with Gasteiger partial charge in [0.25, 0.3) is 0 Å². The number of aryl methyl sites for hydroxylation is 1. The highest BCUT2D eigenvalue weighted by Gasteiger charge is 2.27. The lowest BCUT2D eigenvalue weighted by Gasteiger charge is -2.06. The van der Waals surface area contributed by atoms with Crippen LogP contribution in [-0.2, 0) is 0 Å². The van der Waals surface area contributed by atoms with Crippen molar-refractivity contribution >= 4 is 12.2 Å². The van der Waals surface area contributed by atoms with E-state index in [1.807, 2.05) is 4.57 Å². The Morgan fingerprint density at radius 2 is 2.24 bits per heavy atom. The van der Waals surface area contributed by atoms with Crippen LogP contribution < -0.4 is 0 Å². The molecule has 2 aromatic rings. The fraction of sp³-hybridized carbons (Fsp3) is 0.333. The number of benzene rings is 1. The number of hydrogen-bond acceptors (Lipinski definition) is 2. The minimum Gasteiger partial charge on any atom is -0.297 e. The second-order valence-corrected chi connectivity index (χ2v) is 4.80. The minimum atomic E-state index is -0.194. The molecule has 1 aliphatic carbocycles. The number of halogens is 1. The zero-order chi connectivity index (χ0) is 12.0. The third kappa shape index (κ3) is 1.80. The molecule has 0 spiro atoms. The molecule has 1 heterocycles. The third-order valence-electron chi connectivity index (χ3n) is 3.03. The Labute approximate surface area is 103 Å². The summed E-state index contributed by atoms with van der Waals surface area (Å²) >= 11 is 5.22. The van der Waals surface area contributed by atoms with Crippen molar-refractivity contribution in [1.82, 2.24) is 14.8 Å². The lowest BCUT2D eigenvalue weighted by atomic mass is 10.1. The first-order chi connectivity index (χ1) is 8.16. The average molecular weight is 249 g/mol. The van der Waals surface area contributed by atoms with E-state index in [0.29, 0.717) is 16.4 Å². The molecular weight excluding hydrogens is 237 g/mol. The molecule has 0 atom stereocenters. The van der Waals surface area contributed by atoms with Crippen molar-refractivity contribution in [2.75, 3.05) is 0 Å². The van der Waals surface area contributed by atoms with Gasteiger partial charge in [0, 0.05) is 11.6 Å². The standard InChI is InChI=1S/C12H12FN3S/c1-7-6-8(2-5-10(7)13)11-14-15-12(17)16(11)9-3-4-9/h2,5-6,9H,3-4H2,1H3,(H,15,17). The van der Waals surface area contributed by atoms with Gasteiger partial charge >= 0.3 is 0 Å². The molecule has 1 aromatic carbocycles. The number of H-pyrrole nitrogens is 1. The van der Waals surface area contributed by atoms with Crippen molar-refractivity contribution in [1.29, 1.82) is 0 Å². The summed E-state index contributed by atoms with van der Waals surface area (Å²) in [5, 5.41) is 7.05. The van der Waals surface area contributed by atoms with E-state index in [2.05, 4.69) is 10.2 Å². The van der Waals surface area contributed by atoms with Crippen LogP contribution in [0.1, 0.15) is 24.4 Å². The lowest BCUT2D eigenvalue weighted by Crippen LogP contribution is -1.98. The molecule has 0 unspecified atom stereocenters. The normalized spacial score (nSPS) is 15.2. The van der Waals surface area contributed by atoms with E-state index in [4.69, 9.17) is 12.2 Å². The summed E-state index contributed by atoms with van der Waals surface area (Å²) in [5.74, 6) is 0.612. The zero-order valence-electron chi connectivity index (χ0n) is 9.40. The Morgan fingerprint density at radius 3 is 2.88 bits per heavy atom. The van der Waals surface area contributed by atoms with E-state index in [-0.39, 0.29) is 5.82 Å². The van der Waals surface area contributed by atoms with Gasteiger partial charge in [0.1, 0.15) is 5.82 Å². The molecule has 1 aliphatic rings. The molecule has 1 fully saturated rings. The first kappa shape index (κ1) is 10.7. The first-order valence-corrected chi connectivity index (χ1v) is 6.01. The molecule has 1 saturated carbocycles. The van der Waals surface area contributed by atoms with Gasteiger partial charge in [0.15, 0.2) is 10.6 Å². The second kappa shape index (κ2) is 3.77. The van der Waals surface area contributed by atoms with Crippen LogP contribution in [0.4, 0.5) is 4.39 Å². The lowest BCUT2D eigenvalue weighted by molar-refractivity contribution is 0.618. The summed E-state index contributed by atoms with van der Waals surface area (Å²) < 4.78 is 15.9. The van der Waals surface area contributed by atoms with Gasteiger partial charge in [-0.1, -0.05) is 0 Å². The maximum Gasteiger partial charge on any atom is 0.195 e. The number of aromatic amines is 1. The van der Waals surface area contributed by atoms with E-state index in [0.717, 1.165) is 24.2 Å². The average Bonchev–Trinajstić information content (AvgIpc) is 3.06. The molecule has 3 rings (SSSR count). The predicted octanol–water partition coefficient (Wildman–Crippen LogP) is 3.39. The molecule has 1 N–H and O–H groups in total. The van der Waals surface area contributed by atoms with E-state index in [9.17, 15) is 4.39 Å². The Balaban J connectivity index is 2.14. The Kier molecular flexibility index (Phi) is 2.36. The maximum absolute atomic E-state index is 13.2. The molecule has 0 bridgehead atoms. The molecule has 3 nitrogen and oxygen atoms in total. The van der Waals surface area contributed by atoms with Crippen molar-refractivity contribution in [3.63, 3.8) is 0 Å². The summed E-state index contributed by atoms with van der Waals surface area (Å²) in [7, 11) is 0. The Morgan fingerprint density at radius 1 is 1.47 bits per heavy atom. The number of hydrogen-bond donors (Lipinski definition) is 1. The van der Waals surface area contributed by atoms with Crippen LogP contribution >= 0.6 is 12.2 Å². The molecular formula is C12H12FN3S. The van der Waals surface area contributed by atoms with Gasteiger partial charge in [-0.15, -0.1) is 0 Å². The fourth-order valence-electron chi connectivity index (χ4n) is 1.96. The summed E-state index contributed by atoms with van der Waals surface area (Å²) in [6.07, 6.45) is 2.28. The molecule has 88 valence electrons. The van der Waals surface area contributed by atoms with Gasteiger partial charge in [-0.3, -0.25) is 9.67 Å². The highest BCUT2D eigenvalue weighted by Crippen LogP contribution is 2.38. The highest BCUT2D eigenvalue weighted by molar-refractivity contribution is 7.71. The molecule has 5 heteroatoms. The van der Waals surface area contributed by atoms with Gasteiger partial charge in [-0.2, -0.15) is 5.10 Å². The van der Waals surface area contributed by atoms with Crippen LogP contribution in [0, 0.1) is 17.5 Å². The SMILES string of the molecule is Cc1cc(-c2n[nH]c(=S)n2C2CC2)ccc1F. The van der Waals surface area contributed by atoms with Gasteiger partial charge in [-0.25, -0.2) is 4.39 Å². The number of nitrogens with zero attached hydrogens (tertiary/aromatic N) is 2. The van der Waals surface area contributed by atoms with E-state index in [1.54, 1.807) is 19.1 Å². The summed E-state index contributed by atoms with van der Waals surface area (Å²) in [6.45, 7) is 1.75. The summed E-state index contributed by atoms with van der Waals surface area (Å²) in [5.41, 5.74) is 1.53. The predicted molar refractivity (Wildman–Crippen MR) is 65.8 cm³/mol. The van der Waals surface area contributed by atoms with E-state index in [1.165, 1.54) is 6.07 Å². The minimum absolute atomic E-state index is 0.194. The fourth-order valence-corrected chi connectivity index (χ4v) is 2.24.